The molecule has 11 aromatic rings. The van der Waals surface area contributed by atoms with E-state index in [1.807, 2.05) is 11.3 Å². The summed E-state index contributed by atoms with van der Waals surface area (Å²) in [5.74, 6) is 0.738. The number of hydrogen-bond acceptors (Lipinski definition) is 4. The zero-order chi connectivity index (χ0) is 33.5. The lowest BCUT2D eigenvalue weighted by molar-refractivity contribution is 1.18. The van der Waals surface area contributed by atoms with E-state index in [0.717, 1.165) is 60.4 Å². The molecule has 0 unspecified atom stereocenters. The quantitative estimate of drug-likeness (QED) is 0.185. The third-order valence-corrected chi connectivity index (χ3v) is 12.4. The Morgan fingerprint density at radius 3 is 1.94 bits per heavy atom. The van der Waals surface area contributed by atoms with E-state index in [4.69, 9.17) is 9.97 Å². The zero-order valence-electron chi connectivity index (χ0n) is 27.2. The minimum absolute atomic E-state index is 0.738. The maximum absolute atomic E-state index is 5.57. The fourth-order valence-electron chi connectivity index (χ4n) is 7.75. The highest BCUT2D eigenvalue weighted by molar-refractivity contribution is 7.27. The second-order valence-electron chi connectivity index (χ2n) is 12.9. The lowest BCUT2D eigenvalue weighted by atomic mass is 10.0. The summed E-state index contributed by atoms with van der Waals surface area (Å²) in [5.41, 5.74) is 9.95. The number of rotatable bonds is 4. The fraction of sp³-hybridized carbons (Fsp3) is 0. The predicted molar refractivity (Wildman–Crippen MR) is 218 cm³/mol. The van der Waals surface area contributed by atoms with Gasteiger partial charge in [-0.2, -0.15) is 0 Å². The maximum atomic E-state index is 5.57. The number of thiophene rings is 2. The molecule has 0 fully saturated rings. The smallest absolute Gasteiger partial charge is 0.161 e. The van der Waals surface area contributed by atoms with Crippen LogP contribution in [0.3, 0.4) is 0 Å². The van der Waals surface area contributed by atoms with Gasteiger partial charge in [0.1, 0.15) is 0 Å². The molecule has 0 saturated carbocycles. The van der Waals surface area contributed by atoms with Crippen molar-refractivity contribution >= 4 is 85.0 Å². The maximum Gasteiger partial charge on any atom is 0.161 e. The van der Waals surface area contributed by atoms with Gasteiger partial charge in [-0.25, -0.2) is 9.97 Å². The van der Waals surface area contributed by atoms with Crippen molar-refractivity contribution in [3.8, 4) is 39.5 Å². The Morgan fingerprint density at radius 2 is 1.10 bits per heavy atom. The molecule has 0 saturated heterocycles. The van der Waals surface area contributed by atoms with E-state index in [2.05, 4.69) is 168 Å². The van der Waals surface area contributed by atoms with Crippen LogP contribution in [-0.4, -0.2) is 14.5 Å². The number of hydrogen-bond donors (Lipinski definition) is 0. The highest BCUT2D eigenvalue weighted by Crippen LogP contribution is 2.46. The first kappa shape index (κ1) is 28.7. The van der Waals surface area contributed by atoms with Crippen molar-refractivity contribution in [1.29, 1.82) is 0 Å². The van der Waals surface area contributed by atoms with E-state index in [0.29, 0.717) is 0 Å². The van der Waals surface area contributed by atoms with Gasteiger partial charge < -0.3 is 4.57 Å². The highest BCUT2D eigenvalue weighted by atomic mass is 32.1. The average molecular weight is 686 g/mol. The first-order valence-electron chi connectivity index (χ1n) is 17.1. The number of para-hydroxylation sites is 1. The van der Waals surface area contributed by atoms with Crippen LogP contribution in [0.2, 0.25) is 0 Å². The molecular weight excluding hydrogens is 659 g/mol. The van der Waals surface area contributed by atoms with Crippen LogP contribution in [0.5, 0.6) is 0 Å². The third-order valence-electron chi connectivity index (χ3n) is 10.0. The van der Waals surface area contributed by atoms with Gasteiger partial charge in [0.15, 0.2) is 5.82 Å². The highest BCUT2D eigenvalue weighted by Gasteiger charge is 2.23. The molecular formula is C46H27N3S2. The summed E-state index contributed by atoms with van der Waals surface area (Å²) in [6, 6.07) is 58.7. The van der Waals surface area contributed by atoms with Crippen molar-refractivity contribution in [2.45, 2.75) is 0 Å². The predicted octanol–water partition coefficient (Wildman–Crippen LogP) is 13.3. The molecule has 0 aliphatic rings. The summed E-state index contributed by atoms with van der Waals surface area (Å²) in [7, 11) is 0. The van der Waals surface area contributed by atoms with Gasteiger partial charge in [0, 0.05) is 57.8 Å². The monoisotopic (exact) mass is 685 g/mol. The summed E-state index contributed by atoms with van der Waals surface area (Å²) in [6.07, 6.45) is 0. The van der Waals surface area contributed by atoms with Crippen LogP contribution in [0.1, 0.15) is 0 Å². The molecule has 11 rings (SSSR count). The molecule has 3 nitrogen and oxygen atoms in total. The van der Waals surface area contributed by atoms with E-state index >= 15 is 0 Å². The first-order chi connectivity index (χ1) is 25.3. The Labute approximate surface area is 301 Å². The van der Waals surface area contributed by atoms with Crippen LogP contribution in [0.15, 0.2) is 164 Å². The van der Waals surface area contributed by atoms with Crippen LogP contribution in [0.25, 0.3) is 102 Å². The SMILES string of the molecule is c1ccc(-c2ccc3c(c2)c2c(-c4nc(-c5cccc6c5sc5ccccc56)c5sc6ccccc6c5n4)cccc2n3-c2ccccc2)cc1. The van der Waals surface area contributed by atoms with Gasteiger partial charge in [0.05, 0.1) is 26.9 Å². The fourth-order valence-corrected chi connectivity index (χ4v) is 10.1. The Kier molecular flexibility index (Phi) is 6.29. The summed E-state index contributed by atoms with van der Waals surface area (Å²) >= 11 is 3.63. The van der Waals surface area contributed by atoms with E-state index < -0.39 is 0 Å². The Bertz CT molecular complexity index is 3130. The molecule has 0 bridgehead atoms. The molecule has 0 aliphatic carbocycles. The second-order valence-corrected chi connectivity index (χ2v) is 15.0. The van der Waals surface area contributed by atoms with Gasteiger partial charge in [0.25, 0.3) is 0 Å². The summed E-state index contributed by atoms with van der Waals surface area (Å²) < 4.78 is 7.26. The zero-order valence-corrected chi connectivity index (χ0v) is 28.9. The molecule has 0 amide bonds. The van der Waals surface area contributed by atoms with Crippen LogP contribution in [0.4, 0.5) is 0 Å². The first-order valence-corrected chi connectivity index (χ1v) is 18.7. The largest absolute Gasteiger partial charge is 0.309 e. The molecule has 7 aromatic carbocycles. The van der Waals surface area contributed by atoms with Gasteiger partial charge in [-0.1, -0.05) is 121 Å². The molecule has 4 heterocycles. The molecule has 0 N–H and O–H groups in total. The van der Waals surface area contributed by atoms with E-state index in [1.54, 1.807) is 11.3 Å². The molecule has 0 spiro atoms. The Morgan fingerprint density at radius 1 is 0.431 bits per heavy atom. The minimum atomic E-state index is 0.738. The second kappa shape index (κ2) is 11.2. The van der Waals surface area contributed by atoms with Crippen LogP contribution in [-0.2, 0) is 0 Å². The molecule has 238 valence electrons. The lowest BCUT2D eigenvalue weighted by Gasteiger charge is -2.10. The number of aromatic nitrogens is 3. The molecule has 51 heavy (non-hydrogen) atoms. The molecule has 0 aliphatic heterocycles. The molecule has 0 radical (unpaired) electrons. The Hall–Kier alpha value is -6.14. The van der Waals surface area contributed by atoms with Crippen molar-refractivity contribution in [2.24, 2.45) is 0 Å². The average Bonchev–Trinajstić information content (AvgIpc) is 3.88. The number of benzene rings is 7. The van der Waals surface area contributed by atoms with Crippen LogP contribution in [0, 0.1) is 0 Å². The summed E-state index contributed by atoms with van der Waals surface area (Å²) in [4.78, 5) is 11.0. The van der Waals surface area contributed by atoms with E-state index in [9.17, 15) is 0 Å². The van der Waals surface area contributed by atoms with Crippen molar-refractivity contribution in [2.75, 3.05) is 0 Å². The number of nitrogens with zero attached hydrogens (tertiary/aromatic N) is 3. The van der Waals surface area contributed by atoms with Crippen molar-refractivity contribution in [3.05, 3.63) is 164 Å². The van der Waals surface area contributed by atoms with E-state index in [1.165, 1.54) is 41.4 Å². The standard InChI is InChI=1S/C46H27N3S2/c1-3-13-28(14-4-1)29-25-26-37-36(27-29)41-34(20-12-22-38(41)49(37)30-15-5-2-6-16-30)46-47-42-33-18-8-10-24-40(33)51-45(42)43(48-46)35-21-11-19-32-31-17-7-9-23-39(31)50-44(32)35/h1-27H. The van der Waals surface area contributed by atoms with Gasteiger partial charge in [-0.05, 0) is 53.6 Å². The lowest BCUT2D eigenvalue weighted by Crippen LogP contribution is -1.95. The molecule has 4 aromatic heterocycles. The topological polar surface area (TPSA) is 30.7 Å². The number of fused-ring (bicyclic) bond motifs is 9. The summed E-state index contributed by atoms with van der Waals surface area (Å²) in [6.45, 7) is 0. The van der Waals surface area contributed by atoms with Crippen LogP contribution < -0.4 is 0 Å². The normalized spacial score (nSPS) is 11.9. The van der Waals surface area contributed by atoms with Gasteiger partial charge >= 0.3 is 0 Å². The van der Waals surface area contributed by atoms with Gasteiger partial charge in [0.2, 0.25) is 0 Å². The van der Waals surface area contributed by atoms with Crippen LogP contribution >= 0.6 is 22.7 Å². The van der Waals surface area contributed by atoms with Crippen molar-refractivity contribution < 1.29 is 0 Å². The Balaban J connectivity index is 1.26. The van der Waals surface area contributed by atoms with E-state index in [-0.39, 0.29) is 0 Å². The molecule has 0 atom stereocenters. The minimum Gasteiger partial charge on any atom is -0.309 e. The van der Waals surface area contributed by atoms with Crippen molar-refractivity contribution in [1.82, 2.24) is 14.5 Å². The van der Waals surface area contributed by atoms with Crippen molar-refractivity contribution in [3.63, 3.8) is 0 Å². The van der Waals surface area contributed by atoms with Gasteiger partial charge in [-0.15, -0.1) is 22.7 Å². The third kappa shape index (κ3) is 4.35. The molecule has 5 heteroatoms. The summed E-state index contributed by atoms with van der Waals surface area (Å²) in [5, 5.41) is 6.05. The van der Waals surface area contributed by atoms with Gasteiger partial charge in [-0.3, -0.25) is 0 Å².